The summed E-state index contributed by atoms with van der Waals surface area (Å²) in [5.41, 5.74) is 9.06. The standard InChI is InChI=1S/C11H16BrN3/c1-4-14-11(13)15-10-8(3)5-7(2)6-9(10)12/h5-6H,4H2,1-3H3,(H3,13,14,15). The minimum Gasteiger partial charge on any atom is -0.370 e. The predicted molar refractivity (Wildman–Crippen MR) is 69.4 cm³/mol. The molecular formula is C11H16BrN3. The van der Waals surface area contributed by atoms with Gasteiger partial charge in [0, 0.05) is 11.0 Å². The number of hydrogen-bond donors (Lipinski definition) is 2. The Morgan fingerprint density at radius 1 is 1.47 bits per heavy atom. The van der Waals surface area contributed by atoms with E-state index in [9.17, 15) is 0 Å². The van der Waals surface area contributed by atoms with E-state index in [1.54, 1.807) is 0 Å². The summed E-state index contributed by atoms with van der Waals surface area (Å²) in [6.45, 7) is 6.73. The van der Waals surface area contributed by atoms with Crippen LogP contribution in [-0.2, 0) is 0 Å². The van der Waals surface area contributed by atoms with E-state index in [-0.39, 0.29) is 0 Å². The molecule has 4 heteroatoms. The molecule has 82 valence electrons. The predicted octanol–water partition coefficient (Wildman–Crippen LogP) is 2.81. The van der Waals surface area contributed by atoms with Crippen LogP contribution in [0.5, 0.6) is 0 Å². The lowest BCUT2D eigenvalue weighted by Crippen LogP contribution is -2.23. The SMILES string of the molecule is CCN=C(N)Nc1c(C)cc(C)cc1Br. The number of aliphatic imine (C=N–C) groups is 1. The third-order valence-electron chi connectivity index (χ3n) is 2.01. The van der Waals surface area contributed by atoms with Crippen LogP contribution in [0.15, 0.2) is 21.6 Å². The molecule has 0 atom stereocenters. The van der Waals surface area contributed by atoms with Crippen LogP contribution in [0.25, 0.3) is 0 Å². The van der Waals surface area contributed by atoms with E-state index in [2.05, 4.69) is 45.3 Å². The van der Waals surface area contributed by atoms with Crippen molar-refractivity contribution in [2.24, 2.45) is 10.7 Å². The lowest BCUT2D eigenvalue weighted by atomic mass is 10.1. The van der Waals surface area contributed by atoms with Crippen molar-refractivity contribution in [3.63, 3.8) is 0 Å². The number of hydrogen-bond acceptors (Lipinski definition) is 1. The first-order valence-electron chi connectivity index (χ1n) is 4.88. The number of aryl methyl sites for hydroxylation is 2. The lowest BCUT2D eigenvalue weighted by molar-refractivity contribution is 1.12. The van der Waals surface area contributed by atoms with Crippen molar-refractivity contribution in [3.8, 4) is 0 Å². The van der Waals surface area contributed by atoms with E-state index in [0.717, 1.165) is 15.7 Å². The van der Waals surface area contributed by atoms with Crippen molar-refractivity contribution in [1.82, 2.24) is 0 Å². The molecule has 0 saturated heterocycles. The average Bonchev–Trinajstić information content (AvgIpc) is 2.11. The van der Waals surface area contributed by atoms with Gasteiger partial charge >= 0.3 is 0 Å². The monoisotopic (exact) mass is 269 g/mol. The maximum Gasteiger partial charge on any atom is 0.193 e. The summed E-state index contributed by atoms with van der Waals surface area (Å²) in [5, 5.41) is 3.09. The van der Waals surface area contributed by atoms with Gasteiger partial charge in [0.25, 0.3) is 0 Å². The topological polar surface area (TPSA) is 50.4 Å². The fourth-order valence-electron chi connectivity index (χ4n) is 1.41. The summed E-state index contributed by atoms with van der Waals surface area (Å²) < 4.78 is 1.01. The van der Waals surface area contributed by atoms with Gasteiger partial charge in [-0.25, -0.2) is 0 Å². The molecule has 0 amide bonds. The highest BCUT2D eigenvalue weighted by atomic mass is 79.9. The van der Waals surface area contributed by atoms with Crippen LogP contribution < -0.4 is 11.1 Å². The van der Waals surface area contributed by atoms with Crippen LogP contribution in [0.3, 0.4) is 0 Å². The Kier molecular flexibility index (Phi) is 4.15. The maximum atomic E-state index is 5.71. The number of benzene rings is 1. The molecule has 0 aliphatic carbocycles. The molecule has 15 heavy (non-hydrogen) atoms. The first-order chi connectivity index (χ1) is 7.04. The lowest BCUT2D eigenvalue weighted by Gasteiger charge is -2.11. The van der Waals surface area contributed by atoms with E-state index < -0.39 is 0 Å². The number of rotatable bonds is 2. The largest absolute Gasteiger partial charge is 0.370 e. The summed E-state index contributed by atoms with van der Waals surface area (Å²) in [6.07, 6.45) is 0. The molecule has 3 nitrogen and oxygen atoms in total. The molecule has 1 aromatic carbocycles. The van der Waals surface area contributed by atoms with Gasteiger partial charge in [0.15, 0.2) is 5.96 Å². The fraction of sp³-hybridized carbons (Fsp3) is 0.364. The Morgan fingerprint density at radius 3 is 2.67 bits per heavy atom. The van der Waals surface area contributed by atoms with Gasteiger partial charge in [-0.05, 0) is 53.9 Å². The molecule has 0 aliphatic heterocycles. The Morgan fingerprint density at radius 2 is 2.13 bits per heavy atom. The van der Waals surface area contributed by atoms with Crippen LogP contribution in [0.4, 0.5) is 5.69 Å². The van der Waals surface area contributed by atoms with Crippen molar-refractivity contribution in [3.05, 3.63) is 27.7 Å². The van der Waals surface area contributed by atoms with E-state index >= 15 is 0 Å². The molecule has 0 unspecified atom stereocenters. The zero-order valence-electron chi connectivity index (χ0n) is 9.26. The van der Waals surface area contributed by atoms with Crippen LogP contribution in [0.2, 0.25) is 0 Å². The molecule has 0 saturated carbocycles. The van der Waals surface area contributed by atoms with Crippen molar-refractivity contribution >= 4 is 27.6 Å². The van der Waals surface area contributed by atoms with Gasteiger partial charge < -0.3 is 11.1 Å². The molecular weight excluding hydrogens is 254 g/mol. The van der Waals surface area contributed by atoms with Crippen LogP contribution in [0.1, 0.15) is 18.1 Å². The number of nitrogens with one attached hydrogen (secondary N) is 1. The summed E-state index contributed by atoms with van der Waals surface area (Å²) >= 11 is 3.50. The van der Waals surface area contributed by atoms with Gasteiger partial charge in [0.05, 0.1) is 5.69 Å². The van der Waals surface area contributed by atoms with Crippen LogP contribution >= 0.6 is 15.9 Å². The number of halogens is 1. The minimum absolute atomic E-state index is 0.449. The average molecular weight is 270 g/mol. The first kappa shape index (κ1) is 12.0. The minimum atomic E-state index is 0.449. The van der Waals surface area contributed by atoms with Gasteiger partial charge in [-0.15, -0.1) is 0 Å². The fourth-order valence-corrected chi connectivity index (χ4v) is 2.18. The molecule has 1 aromatic rings. The normalized spacial score (nSPS) is 11.6. The summed E-state index contributed by atoms with van der Waals surface area (Å²) in [7, 11) is 0. The Bertz CT molecular complexity index is 362. The molecule has 0 aromatic heterocycles. The van der Waals surface area contributed by atoms with Crippen molar-refractivity contribution in [2.75, 3.05) is 11.9 Å². The van der Waals surface area contributed by atoms with Crippen molar-refractivity contribution < 1.29 is 0 Å². The van der Waals surface area contributed by atoms with Gasteiger partial charge in [-0.3, -0.25) is 4.99 Å². The van der Waals surface area contributed by atoms with E-state index in [1.807, 2.05) is 13.8 Å². The molecule has 0 aliphatic rings. The zero-order valence-corrected chi connectivity index (χ0v) is 10.9. The second kappa shape index (κ2) is 5.16. The first-order valence-corrected chi connectivity index (χ1v) is 5.67. The smallest absolute Gasteiger partial charge is 0.193 e. The molecule has 0 spiro atoms. The number of guanidine groups is 1. The Balaban J connectivity index is 3.00. The van der Waals surface area contributed by atoms with Gasteiger partial charge in [0.2, 0.25) is 0 Å². The molecule has 0 heterocycles. The van der Waals surface area contributed by atoms with Gasteiger partial charge in [-0.1, -0.05) is 6.07 Å². The second-order valence-electron chi connectivity index (χ2n) is 3.42. The molecule has 0 radical (unpaired) electrons. The second-order valence-corrected chi connectivity index (χ2v) is 4.28. The Hall–Kier alpha value is -1.03. The maximum absolute atomic E-state index is 5.71. The quantitative estimate of drug-likeness (QED) is 0.641. The molecule has 3 N–H and O–H groups in total. The van der Waals surface area contributed by atoms with Gasteiger partial charge in [-0.2, -0.15) is 0 Å². The third-order valence-corrected chi connectivity index (χ3v) is 2.64. The van der Waals surface area contributed by atoms with Crippen molar-refractivity contribution in [2.45, 2.75) is 20.8 Å². The molecule has 0 fully saturated rings. The van der Waals surface area contributed by atoms with Crippen molar-refractivity contribution in [1.29, 1.82) is 0 Å². The van der Waals surface area contributed by atoms with E-state index in [4.69, 9.17) is 5.73 Å². The molecule has 0 bridgehead atoms. The summed E-state index contributed by atoms with van der Waals surface area (Å²) in [5.74, 6) is 0.449. The van der Waals surface area contributed by atoms with E-state index in [1.165, 1.54) is 5.56 Å². The highest BCUT2D eigenvalue weighted by Crippen LogP contribution is 2.27. The van der Waals surface area contributed by atoms with Crippen LogP contribution in [0, 0.1) is 13.8 Å². The highest BCUT2D eigenvalue weighted by molar-refractivity contribution is 9.10. The summed E-state index contributed by atoms with van der Waals surface area (Å²) in [6, 6.07) is 4.15. The van der Waals surface area contributed by atoms with E-state index in [0.29, 0.717) is 12.5 Å². The number of nitrogens with two attached hydrogens (primary N) is 1. The number of anilines is 1. The summed E-state index contributed by atoms with van der Waals surface area (Å²) in [4.78, 5) is 4.09. The number of nitrogens with zero attached hydrogens (tertiary/aromatic N) is 1. The van der Waals surface area contributed by atoms with Crippen LogP contribution in [-0.4, -0.2) is 12.5 Å². The Labute approximate surface area is 98.9 Å². The third kappa shape index (κ3) is 3.23. The van der Waals surface area contributed by atoms with Gasteiger partial charge in [0.1, 0.15) is 0 Å². The zero-order chi connectivity index (χ0) is 11.4. The molecule has 1 rings (SSSR count). The highest BCUT2D eigenvalue weighted by Gasteiger charge is 2.05.